The fraction of sp³-hybridized carbons (Fsp3) is 0.778. The lowest BCUT2D eigenvalue weighted by Gasteiger charge is -2.23. The van der Waals surface area contributed by atoms with Crippen LogP contribution in [0, 0.1) is 11.8 Å². The normalized spacial score (nSPS) is 49.1. The van der Waals surface area contributed by atoms with Crippen LogP contribution in [0.2, 0.25) is 0 Å². The highest BCUT2D eigenvalue weighted by atomic mass is 16.6. The molecule has 4 atom stereocenters. The molecule has 76 valence electrons. The second-order valence-electron chi connectivity index (χ2n) is 4.21. The molecule has 0 aliphatic carbocycles. The van der Waals surface area contributed by atoms with E-state index in [1.807, 2.05) is 0 Å². The molecule has 0 saturated carbocycles. The number of carbonyl (C=O) groups excluding carboxylic acids is 1. The smallest absolute Gasteiger partial charge is 0.313 e. The van der Waals surface area contributed by atoms with E-state index in [-0.39, 0.29) is 12.7 Å². The minimum absolute atomic E-state index is 0.233. The van der Waals surface area contributed by atoms with Crippen molar-refractivity contribution in [3.63, 3.8) is 0 Å². The molecule has 3 saturated heterocycles. The van der Waals surface area contributed by atoms with Crippen molar-refractivity contribution < 1.29 is 24.2 Å². The Kier molecular flexibility index (Phi) is 1.34. The monoisotopic (exact) mass is 198 g/mol. The van der Waals surface area contributed by atoms with Crippen molar-refractivity contribution >= 4 is 11.9 Å². The van der Waals surface area contributed by atoms with Crippen LogP contribution in [0.1, 0.15) is 12.8 Å². The molecule has 0 aromatic heterocycles. The summed E-state index contributed by atoms with van der Waals surface area (Å²) >= 11 is 0. The van der Waals surface area contributed by atoms with E-state index in [9.17, 15) is 9.59 Å². The lowest BCUT2D eigenvalue weighted by atomic mass is 9.73. The molecular formula is C9H10O5. The van der Waals surface area contributed by atoms with Gasteiger partial charge in [0.15, 0.2) is 0 Å². The zero-order valence-electron chi connectivity index (χ0n) is 7.43. The van der Waals surface area contributed by atoms with Crippen molar-refractivity contribution in [1.29, 1.82) is 0 Å². The van der Waals surface area contributed by atoms with Crippen molar-refractivity contribution in [3.8, 4) is 0 Å². The van der Waals surface area contributed by atoms with Gasteiger partial charge in [-0.3, -0.25) is 9.59 Å². The van der Waals surface area contributed by atoms with Gasteiger partial charge in [0, 0.05) is 0 Å². The SMILES string of the molecule is O=C(O)[C@H]1[C@@H]2CC[C@@]3(COC(=O)[C@H]13)O2. The molecule has 0 radical (unpaired) electrons. The van der Waals surface area contributed by atoms with Gasteiger partial charge >= 0.3 is 11.9 Å². The summed E-state index contributed by atoms with van der Waals surface area (Å²) in [6, 6.07) is 0. The van der Waals surface area contributed by atoms with Gasteiger partial charge in [0.05, 0.1) is 12.0 Å². The van der Waals surface area contributed by atoms with E-state index in [4.69, 9.17) is 14.6 Å². The fourth-order valence-electron chi connectivity index (χ4n) is 2.97. The Morgan fingerprint density at radius 3 is 3.07 bits per heavy atom. The van der Waals surface area contributed by atoms with Crippen LogP contribution in [-0.2, 0) is 19.1 Å². The number of carboxylic acid groups (broad SMARTS) is 1. The Morgan fingerprint density at radius 1 is 1.57 bits per heavy atom. The third-order valence-corrected chi connectivity index (χ3v) is 3.56. The number of aliphatic carboxylic acids is 1. The maximum atomic E-state index is 11.4. The Bertz CT molecular complexity index is 325. The Hall–Kier alpha value is -1.10. The molecule has 0 aromatic rings. The number of carboxylic acids is 1. The van der Waals surface area contributed by atoms with Crippen LogP contribution in [0.4, 0.5) is 0 Å². The molecule has 3 aliphatic heterocycles. The number of cyclic esters (lactones) is 1. The number of ether oxygens (including phenoxy) is 2. The number of fused-ring (bicyclic) bond motifs is 1. The van der Waals surface area contributed by atoms with E-state index >= 15 is 0 Å². The quantitative estimate of drug-likeness (QED) is 0.590. The van der Waals surface area contributed by atoms with E-state index in [1.54, 1.807) is 0 Å². The molecule has 5 heteroatoms. The molecule has 1 spiro atoms. The Balaban J connectivity index is 2.03. The zero-order chi connectivity index (χ0) is 9.92. The molecule has 0 amide bonds. The first-order valence-electron chi connectivity index (χ1n) is 4.71. The van der Waals surface area contributed by atoms with Gasteiger partial charge in [-0.15, -0.1) is 0 Å². The standard InChI is InChI=1S/C9H10O5/c10-7(11)5-4-1-2-9(14-4)3-13-8(12)6(5)9/h4-6H,1-3H2,(H,10,11)/t4-,5-,6-,9-/m0/s1. The fourth-order valence-corrected chi connectivity index (χ4v) is 2.97. The average molecular weight is 198 g/mol. The first kappa shape index (κ1) is 8.23. The maximum Gasteiger partial charge on any atom is 0.313 e. The molecule has 3 aliphatic rings. The highest BCUT2D eigenvalue weighted by molar-refractivity contribution is 5.85. The lowest BCUT2D eigenvalue weighted by Crippen LogP contribution is -2.41. The minimum Gasteiger partial charge on any atom is -0.481 e. The Morgan fingerprint density at radius 2 is 2.36 bits per heavy atom. The zero-order valence-corrected chi connectivity index (χ0v) is 7.43. The number of rotatable bonds is 1. The third kappa shape index (κ3) is 0.744. The first-order valence-corrected chi connectivity index (χ1v) is 4.71. The van der Waals surface area contributed by atoms with Crippen LogP contribution in [0.15, 0.2) is 0 Å². The van der Waals surface area contributed by atoms with Gasteiger partial charge in [0.1, 0.15) is 18.1 Å². The van der Waals surface area contributed by atoms with Gasteiger partial charge in [0.25, 0.3) is 0 Å². The second kappa shape index (κ2) is 2.28. The summed E-state index contributed by atoms with van der Waals surface area (Å²) in [6.07, 6.45) is 1.19. The maximum absolute atomic E-state index is 11.4. The van der Waals surface area contributed by atoms with Crippen LogP contribution >= 0.6 is 0 Å². The summed E-state index contributed by atoms with van der Waals surface area (Å²) in [5.74, 6) is -2.61. The summed E-state index contributed by atoms with van der Waals surface area (Å²) in [7, 11) is 0. The van der Waals surface area contributed by atoms with Crippen LogP contribution in [-0.4, -0.2) is 35.4 Å². The minimum atomic E-state index is -0.944. The van der Waals surface area contributed by atoms with Crippen molar-refractivity contribution in [2.24, 2.45) is 11.8 Å². The van der Waals surface area contributed by atoms with E-state index in [0.29, 0.717) is 0 Å². The van der Waals surface area contributed by atoms with Crippen molar-refractivity contribution in [2.45, 2.75) is 24.5 Å². The number of carbonyl (C=O) groups is 2. The van der Waals surface area contributed by atoms with Gasteiger partial charge in [-0.05, 0) is 12.8 Å². The summed E-state index contributed by atoms with van der Waals surface area (Å²) in [6.45, 7) is 0.233. The van der Waals surface area contributed by atoms with Crippen LogP contribution in [0.5, 0.6) is 0 Å². The molecule has 14 heavy (non-hydrogen) atoms. The van der Waals surface area contributed by atoms with Crippen molar-refractivity contribution in [1.82, 2.24) is 0 Å². The van der Waals surface area contributed by atoms with Gasteiger partial charge < -0.3 is 14.6 Å². The second-order valence-corrected chi connectivity index (χ2v) is 4.21. The van der Waals surface area contributed by atoms with E-state index in [0.717, 1.165) is 12.8 Å². The van der Waals surface area contributed by atoms with Crippen molar-refractivity contribution in [3.05, 3.63) is 0 Å². The van der Waals surface area contributed by atoms with Crippen LogP contribution in [0.25, 0.3) is 0 Å². The van der Waals surface area contributed by atoms with E-state index in [2.05, 4.69) is 0 Å². The summed E-state index contributed by atoms with van der Waals surface area (Å²) in [5, 5.41) is 9.01. The van der Waals surface area contributed by atoms with E-state index in [1.165, 1.54) is 0 Å². The number of hydrogen-bond acceptors (Lipinski definition) is 4. The molecule has 0 unspecified atom stereocenters. The highest BCUT2D eigenvalue weighted by Crippen LogP contribution is 2.54. The molecule has 0 aromatic carbocycles. The predicted octanol–water partition coefficient (Wildman–Crippen LogP) is -0.208. The van der Waals surface area contributed by atoms with Gasteiger partial charge in [0.2, 0.25) is 0 Å². The number of hydrogen-bond donors (Lipinski definition) is 1. The molecular weight excluding hydrogens is 188 g/mol. The topological polar surface area (TPSA) is 72.8 Å². The van der Waals surface area contributed by atoms with Crippen LogP contribution < -0.4 is 0 Å². The van der Waals surface area contributed by atoms with Crippen molar-refractivity contribution in [2.75, 3.05) is 6.61 Å². The van der Waals surface area contributed by atoms with E-state index < -0.39 is 29.4 Å². The summed E-state index contributed by atoms with van der Waals surface area (Å²) in [5.41, 5.74) is -0.606. The third-order valence-electron chi connectivity index (χ3n) is 3.56. The molecule has 3 heterocycles. The number of esters is 1. The van der Waals surface area contributed by atoms with Gasteiger partial charge in [-0.2, -0.15) is 0 Å². The van der Waals surface area contributed by atoms with Gasteiger partial charge in [-0.1, -0.05) is 0 Å². The molecule has 5 nitrogen and oxygen atoms in total. The molecule has 3 rings (SSSR count). The predicted molar refractivity (Wildman–Crippen MR) is 42.4 cm³/mol. The van der Waals surface area contributed by atoms with Gasteiger partial charge in [-0.25, -0.2) is 0 Å². The molecule has 3 fully saturated rings. The molecule has 2 bridgehead atoms. The first-order chi connectivity index (χ1) is 6.64. The van der Waals surface area contributed by atoms with Crippen LogP contribution in [0.3, 0.4) is 0 Å². The lowest BCUT2D eigenvalue weighted by molar-refractivity contribution is -0.153. The Labute approximate surface area is 80.0 Å². The molecule has 1 N–H and O–H groups in total. The largest absolute Gasteiger partial charge is 0.481 e. The average Bonchev–Trinajstić information content (AvgIpc) is 2.75. The summed E-state index contributed by atoms with van der Waals surface area (Å²) in [4.78, 5) is 22.4. The highest BCUT2D eigenvalue weighted by Gasteiger charge is 2.68. The summed E-state index contributed by atoms with van der Waals surface area (Å²) < 4.78 is 10.5.